The molecule has 6 rings (SSSR count). The lowest BCUT2D eigenvalue weighted by Crippen LogP contribution is -2.26. The van der Waals surface area contributed by atoms with Crippen LogP contribution in [0.2, 0.25) is 0 Å². The Morgan fingerprint density at radius 3 is 2.51 bits per heavy atom. The number of aromatic nitrogens is 2. The zero-order valence-electron chi connectivity index (χ0n) is 21.3. The highest BCUT2D eigenvalue weighted by Gasteiger charge is 2.29. The van der Waals surface area contributed by atoms with Gasteiger partial charge in [0.1, 0.15) is 0 Å². The molecule has 0 aliphatic carbocycles. The van der Waals surface area contributed by atoms with E-state index in [1.54, 1.807) is 59.8 Å². The van der Waals surface area contributed by atoms with Gasteiger partial charge in [-0.05, 0) is 59.1 Å². The largest absolute Gasteiger partial charge is 0.303 e. The van der Waals surface area contributed by atoms with E-state index < -0.39 is 10.8 Å². The Morgan fingerprint density at radius 2 is 1.76 bits per heavy atom. The fraction of sp³-hybridized carbons (Fsp3) is 0.0333. The van der Waals surface area contributed by atoms with Crippen LogP contribution >= 0.6 is 11.8 Å². The van der Waals surface area contributed by atoms with Crippen LogP contribution in [0.4, 0.5) is 11.4 Å². The smallest absolute Gasteiger partial charge is 0.283 e. The second-order valence-corrected chi connectivity index (χ2v) is 10.1. The SMILES string of the molecule is O=C(N/N=C/c1ccc(Sc2ncccn2)c([N+](=O)[O-])c1)c1ccc(CN2C(=O)c3cccc4cccc2c34)cc1. The number of anilines is 1. The molecule has 10 nitrogen and oxygen atoms in total. The van der Waals surface area contributed by atoms with E-state index in [1.165, 1.54) is 12.3 Å². The van der Waals surface area contributed by atoms with Crippen molar-refractivity contribution in [2.45, 2.75) is 16.6 Å². The molecule has 1 aliphatic rings. The normalized spacial score (nSPS) is 12.3. The predicted octanol–water partition coefficient (Wildman–Crippen LogP) is 5.61. The van der Waals surface area contributed by atoms with Crippen LogP contribution in [0.15, 0.2) is 112 Å². The van der Waals surface area contributed by atoms with E-state index in [-0.39, 0.29) is 11.6 Å². The van der Waals surface area contributed by atoms with E-state index in [9.17, 15) is 19.7 Å². The minimum atomic E-state index is -0.489. The summed E-state index contributed by atoms with van der Waals surface area (Å²) in [6.07, 6.45) is 4.46. The van der Waals surface area contributed by atoms with Crippen molar-refractivity contribution in [3.05, 3.63) is 130 Å². The van der Waals surface area contributed by atoms with E-state index in [0.717, 1.165) is 33.8 Å². The van der Waals surface area contributed by atoms with Crippen molar-refractivity contribution in [2.75, 3.05) is 4.90 Å². The van der Waals surface area contributed by atoms with Crippen molar-refractivity contribution in [3.63, 3.8) is 0 Å². The summed E-state index contributed by atoms with van der Waals surface area (Å²) in [5.41, 5.74) is 5.58. The van der Waals surface area contributed by atoms with Crippen molar-refractivity contribution in [3.8, 4) is 0 Å². The second-order valence-electron chi connectivity index (χ2n) is 9.09. The number of carbonyl (C=O) groups excluding carboxylic acids is 2. The minimum absolute atomic E-state index is 0.0479. The number of carbonyl (C=O) groups is 2. The van der Waals surface area contributed by atoms with Gasteiger partial charge in [0.15, 0.2) is 5.16 Å². The highest BCUT2D eigenvalue weighted by molar-refractivity contribution is 7.99. The first kappa shape index (κ1) is 25.8. The van der Waals surface area contributed by atoms with E-state index in [4.69, 9.17) is 0 Å². The third kappa shape index (κ3) is 5.25. The quantitative estimate of drug-likeness (QED) is 0.113. The molecule has 5 aromatic rings. The van der Waals surface area contributed by atoms with Gasteiger partial charge < -0.3 is 4.90 Å². The summed E-state index contributed by atoms with van der Waals surface area (Å²) in [7, 11) is 0. The topological polar surface area (TPSA) is 131 Å². The molecule has 200 valence electrons. The lowest BCUT2D eigenvalue weighted by molar-refractivity contribution is -0.387. The van der Waals surface area contributed by atoms with Crippen molar-refractivity contribution in [2.24, 2.45) is 5.10 Å². The van der Waals surface area contributed by atoms with Crippen LogP contribution in [-0.4, -0.2) is 32.9 Å². The molecule has 1 aromatic heterocycles. The first-order valence-electron chi connectivity index (χ1n) is 12.5. The Kier molecular flexibility index (Phi) is 6.92. The molecule has 0 atom stereocenters. The summed E-state index contributed by atoms with van der Waals surface area (Å²) in [6.45, 7) is 0.371. The Labute approximate surface area is 237 Å². The molecule has 41 heavy (non-hydrogen) atoms. The number of amides is 2. The summed E-state index contributed by atoms with van der Waals surface area (Å²) in [4.78, 5) is 47.1. The molecule has 0 radical (unpaired) electrons. The molecule has 0 fully saturated rings. The fourth-order valence-electron chi connectivity index (χ4n) is 4.59. The van der Waals surface area contributed by atoms with E-state index in [0.29, 0.717) is 33.3 Å². The van der Waals surface area contributed by atoms with Gasteiger partial charge in [0.25, 0.3) is 17.5 Å². The maximum atomic E-state index is 13.1. The molecule has 0 saturated heterocycles. The number of nitrogens with zero attached hydrogens (tertiary/aromatic N) is 5. The van der Waals surface area contributed by atoms with Gasteiger partial charge in [0.05, 0.1) is 28.3 Å². The van der Waals surface area contributed by atoms with E-state index >= 15 is 0 Å². The number of hydrogen-bond donors (Lipinski definition) is 1. The van der Waals surface area contributed by atoms with Crippen molar-refractivity contribution in [1.82, 2.24) is 15.4 Å². The Hall–Kier alpha value is -5.42. The summed E-state index contributed by atoms with van der Waals surface area (Å²) in [5, 5.41) is 17.9. The molecule has 11 heteroatoms. The maximum absolute atomic E-state index is 13.1. The third-order valence-electron chi connectivity index (χ3n) is 6.51. The van der Waals surface area contributed by atoms with Crippen LogP contribution in [0, 0.1) is 10.1 Å². The van der Waals surface area contributed by atoms with Crippen molar-refractivity contribution < 1.29 is 14.5 Å². The maximum Gasteiger partial charge on any atom is 0.283 e. The minimum Gasteiger partial charge on any atom is -0.303 e. The molecule has 1 N–H and O–H groups in total. The van der Waals surface area contributed by atoms with Crippen LogP contribution in [-0.2, 0) is 6.54 Å². The number of hydrazone groups is 1. The van der Waals surface area contributed by atoms with Crippen LogP contribution in [0.3, 0.4) is 0 Å². The van der Waals surface area contributed by atoms with Gasteiger partial charge in [-0.15, -0.1) is 0 Å². The lowest BCUT2D eigenvalue weighted by atomic mass is 10.1. The summed E-state index contributed by atoms with van der Waals surface area (Å²) in [6, 6.07) is 24.8. The van der Waals surface area contributed by atoms with Gasteiger partial charge >= 0.3 is 0 Å². The Bertz CT molecular complexity index is 1840. The predicted molar refractivity (Wildman–Crippen MR) is 155 cm³/mol. The third-order valence-corrected chi connectivity index (χ3v) is 7.47. The molecule has 0 saturated carbocycles. The number of benzene rings is 4. The standard InChI is InChI=1S/C30H20N6O4S/c37-28(34-33-17-20-10-13-26(25(16-20)36(39)40)41-30-31-14-3-15-32-30)22-11-8-19(9-12-22)18-35-24-7-2-5-21-4-1-6-23(27(21)24)29(35)38/h1-17H,18H2,(H,34,37)/b33-17+. The Balaban J connectivity index is 1.10. The van der Waals surface area contributed by atoms with Gasteiger partial charge in [-0.1, -0.05) is 42.5 Å². The number of nitro groups is 1. The van der Waals surface area contributed by atoms with Gasteiger partial charge in [-0.3, -0.25) is 19.7 Å². The molecule has 2 heterocycles. The first-order valence-corrected chi connectivity index (χ1v) is 13.3. The van der Waals surface area contributed by atoms with Crippen molar-refractivity contribution >= 4 is 51.9 Å². The lowest BCUT2D eigenvalue weighted by Gasteiger charge is -2.18. The second kappa shape index (κ2) is 11.0. The number of nitro benzene ring substituents is 1. The Morgan fingerprint density at radius 1 is 1.00 bits per heavy atom. The first-order chi connectivity index (χ1) is 20.0. The summed E-state index contributed by atoms with van der Waals surface area (Å²) in [5.74, 6) is -0.488. The van der Waals surface area contributed by atoms with Crippen LogP contribution in [0.25, 0.3) is 10.8 Å². The van der Waals surface area contributed by atoms with Gasteiger partial charge in [0, 0.05) is 40.5 Å². The molecular weight excluding hydrogens is 540 g/mol. The molecule has 4 aromatic carbocycles. The monoisotopic (exact) mass is 560 g/mol. The zero-order valence-corrected chi connectivity index (χ0v) is 22.1. The van der Waals surface area contributed by atoms with Gasteiger partial charge in [0.2, 0.25) is 0 Å². The number of rotatable bonds is 8. The van der Waals surface area contributed by atoms with Crippen LogP contribution in [0.1, 0.15) is 31.8 Å². The molecular formula is C30H20N6O4S. The average molecular weight is 561 g/mol. The van der Waals surface area contributed by atoms with Crippen LogP contribution < -0.4 is 10.3 Å². The molecule has 0 bridgehead atoms. The highest BCUT2D eigenvalue weighted by atomic mass is 32.2. The highest BCUT2D eigenvalue weighted by Crippen LogP contribution is 2.38. The van der Waals surface area contributed by atoms with E-state index in [1.807, 2.05) is 36.4 Å². The van der Waals surface area contributed by atoms with Gasteiger partial charge in [-0.2, -0.15) is 5.10 Å². The molecule has 0 unspecified atom stereocenters. The van der Waals surface area contributed by atoms with Crippen LogP contribution in [0.5, 0.6) is 0 Å². The van der Waals surface area contributed by atoms with Gasteiger partial charge in [-0.25, -0.2) is 15.4 Å². The number of nitrogens with one attached hydrogen (secondary N) is 1. The number of hydrogen-bond acceptors (Lipinski definition) is 8. The fourth-order valence-corrected chi connectivity index (χ4v) is 5.39. The molecule has 0 spiro atoms. The zero-order chi connectivity index (χ0) is 28.3. The average Bonchev–Trinajstić information content (AvgIpc) is 3.26. The molecule has 2 amide bonds. The van der Waals surface area contributed by atoms with Crippen molar-refractivity contribution in [1.29, 1.82) is 0 Å². The molecule has 1 aliphatic heterocycles. The summed E-state index contributed by atoms with van der Waals surface area (Å²) >= 11 is 1.08. The summed E-state index contributed by atoms with van der Waals surface area (Å²) < 4.78 is 0. The van der Waals surface area contributed by atoms with E-state index in [2.05, 4.69) is 20.5 Å².